The summed E-state index contributed by atoms with van der Waals surface area (Å²) in [6.07, 6.45) is 3.71. The van der Waals surface area contributed by atoms with E-state index in [2.05, 4.69) is 24.3 Å². The summed E-state index contributed by atoms with van der Waals surface area (Å²) in [6, 6.07) is 8.23. The van der Waals surface area contributed by atoms with Crippen LogP contribution in [0.5, 0.6) is 0 Å². The van der Waals surface area contributed by atoms with Crippen molar-refractivity contribution in [1.82, 2.24) is 4.90 Å². The predicted molar refractivity (Wildman–Crippen MR) is 100 cm³/mol. The first-order valence-electron chi connectivity index (χ1n) is 8.29. The minimum atomic E-state index is -3.21. The third-order valence-electron chi connectivity index (χ3n) is 4.58. The van der Waals surface area contributed by atoms with Gasteiger partial charge >= 0.3 is 0 Å². The Kier molecular flexibility index (Phi) is 6.02. The molecule has 1 fully saturated rings. The van der Waals surface area contributed by atoms with E-state index >= 15 is 0 Å². The molecular weight excluding hydrogens is 342 g/mol. The summed E-state index contributed by atoms with van der Waals surface area (Å²) in [7, 11) is -3.21. The molecule has 0 unspecified atom stereocenters. The predicted octanol–water partition coefficient (Wildman–Crippen LogP) is 3.16. The molecule has 1 heterocycles. The summed E-state index contributed by atoms with van der Waals surface area (Å²) >= 11 is 1.69. The Labute approximate surface area is 149 Å². The highest BCUT2D eigenvalue weighted by atomic mass is 32.2. The minimum Gasteiger partial charge on any atom is -0.341 e. The van der Waals surface area contributed by atoms with Crippen molar-refractivity contribution in [2.75, 3.05) is 19.3 Å². The van der Waals surface area contributed by atoms with Crippen molar-refractivity contribution in [2.45, 2.75) is 54.9 Å². The zero-order valence-electron chi connectivity index (χ0n) is 14.9. The van der Waals surface area contributed by atoms with Gasteiger partial charge in [0.15, 0.2) is 9.84 Å². The van der Waals surface area contributed by atoms with E-state index in [1.807, 2.05) is 6.26 Å². The lowest BCUT2D eigenvalue weighted by molar-refractivity contribution is -0.130. The lowest BCUT2D eigenvalue weighted by atomic mass is 10.1. The normalized spacial score (nSPS) is 18.8. The summed E-state index contributed by atoms with van der Waals surface area (Å²) in [5, 5.41) is -0.428. The van der Waals surface area contributed by atoms with Crippen LogP contribution in [0.4, 0.5) is 0 Å². The summed E-state index contributed by atoms with van der Waals surface area (Å²) in [6.45, 7) is 6.06. The van der Waals surface area contributed by atoms with Gasteiger partial charge in [0.2, 0.25) is 5.91 Å². The monoisotopic (exact) mass is 369 g/mol. The fourth-order valence-corrected chi connectivity index (χ4v) is 5.11. The zero-order chi connectivity index (χ0) is 18.0. The van der Waals surface area contributed by atoms with Gasteiger partial charge in [-0.25, -0.2) is 8.42 Å². The largest absolute Gasteiger partial charge is 0.341 e. The number of thioether (sulfide) groups is 1. The second kappa shape index (κ2) is 7.48. The van der Waals surface area contributed by atoms with E-state index in [4.69, 9.17) is 0 Å². The van der Waals surface area contributed by atoms with Crippen LogP contribution in [0, 0.1) is 0 Å². The molecule has 1 aliphatic rings. The van der Waals surface area contributed by atoms with E-state index in [-0.39, 0.29) is 5.91 Å². The Balaban J connectivity index is 1.90. The van der Waals surface area contributed by atoms with Crippen LogP contribution in [0.3, 0.4) is 0 Å². The molecular formula is C18H27NO3S2. The van der Waals surface area contributed by atoms with E-state index < -0.39 is 19.8 Å². The molecule has 134 valence electrons. The number of sulfone groups is 1. The van der Waals surface area contributed by atoms with E-state index in [0.29, 0.717) is 32.4 Å². The fraction of sp³-hybridized carbons (Fsp3) is 0.611. The summed E-state index contributed by atoms with van der Waals surface area (Å²) < 4.78 is 24.3. The van der Waals surface area contributed by atoms with Gasteiger partial charge < -0.3 is 4.90 Å². The van der Waals surface area contributed by atoms with Gasteiger partial charge in [0.05, 0.1) is 10.00 Å². The van der Waals surface area contributed by atoms with Crippen molar-refractivity contribution in [1.29, 1.82) is 0 Å². The molecule has 0 aromatic heterocycles. The van der Waals surface area contributed by atoms with Crippen molar-refractivity contribution in [3.8, 4) is 0 Å². The molecule has 0 saturated carbocycles. The van der Waals surface area contributed by atoms with E-state index in [0.717, 1.165) is 5.56 Å². The Morgan fingerprint density at radius 3 is 2.42 bits per heavy atom. The number of hydrogen-bond donors (Lipinski definition) is 0. The first-order valence-corrected chi connectivity index (χ1v) is 11.1. The lowest BCUT2D eigenvalue weighted by Gasteiger charge is -2.24. The average Bonchev–Trinajstić information content (AvgIpc) is 3.02. The number of aryl methyl sites for hydroxylation is 1. The maximum absolute atomic E-state index is 12.5. The fourth-order valence-electron chi connectivity index (χ4n) is 2.91. The first kappa shape index (κ1) is 19.3. The van der Waals surface area contributed by atoms with Crippen LogP contribution in [-0.4, -0.2) is 48.6 Å². The number of rotatable bonds is 5. The summed E-state index contributed by atoms with van der Waals surface area (Å²) in [4.78, 5) is 15.3. The molecule has 0 N–H and O–H groups in total. The van der Waals surface area contributed by atoms with Crippen molar-refractivity contribution in [3.63, 3.8) is 0 Å². The van der Waals surface area contributed by atoms with Gasteiger partial charge in [0.1, 0.15) is 0 Å². The van der Waals surface area contributed by atoms with E-state index in [1.165, 1.54) is 4.90 Å². The molecule has 4 nitrogen and oxygen atoms in total. The molecule has 0 bridgehead atoms. The van der Waals surface area contributed by atoms with E-state index in [9.17, 15) is 13.2 Å². The molecule has 1 saturated heterocycles. The number of carbonyl (C=O) groups excluding carboxylic acids is 1. The molecule has 0 aliphatic carbocycles. The van der Waals surface area contributed by atoms with Crippen LogP contribution in [-0.2, 0) is 21.1 Å². The Hall–Kier alpha value is -1.01. The van der Waals surface area contributed by atoms with Crippen LogP contribution >= 0.6 is 11.8 Å². The van der Waals surface area contributed by atoms with Crippen molar-refractivity contribution >= 4 is 27.5 Å². The number of benzene rings is 1. The standard InChI is InChI=1S/C18H27NO3S2/c1-18(2,3)24(21,22)16-11-12-19(13-16)17(20)10-7-14-5-8-15(23-4)9-6-14/h5-6,8-9,16H,7,10-13H2,1-4H3/t16-/m1/s1. The molecule has 1 aliphatic heterocycles. The number of likely N-dealkylation sites (tertiary alicyclic amines) is 1. The van der Waals surface area contributed by atoms with Crippen LogP contribution in [0.2, 0.25) is 0 Å². The smallest absolute Gasteiger partial charge is 0.222 e. The Bertz CT molecular complexity index is 675. The maximum atomic E-state index is 12.5. The topological polar surface area (TPSA) is 54.5 Å². The number of nitrogens with zero attached hydrogens (tertiary/aromatic N) is 1. The van der Waals surface area contributed by atoms with Gasteiger partial charge in [-0.15, -0.1) is 11.8 Å². The third kappa shape index (κ3) is 4.33. The first-order chi connectivity index (χ1) is 11.1. The SMILES string of the molecule is CSc1ccc(CCC(=O)N2CC[C@@H](S(=O)(=O)C(C)(C)C)C2)cc1. The highest BCUT2D eigenvalue weighted by Gasteiger charge is 2.41. The van der Waals surface area contributed by atoms with Gasteiger partial charge in [-0.2, -0.15) is 0 Å². The van der Waals surface area contributed by atoms with Gasteiger partial charge in [0, 0.05) is 24.4 Å². The number of carbonyl (C=O) groups is 1. The van der Waals surface area contributed by atoms with Crippen LogP contribution in [0.1, 0.15) is 39.2 Å². The minimum absolute atomic E-state index is 0.0514. The van der Waals surface area contributed by atoms with Crippen LogP contribution < -0.4 is 0 Å². The van der Waals surface area contributed by atoms with Gasteiger partial charge in [-0.1, -0.05) is 12.1 Å². The highest BCUT2D eigenvalue weighted by molar-refractivity contribution is 7.98. The van der Waals surface area contributed by atoms with Crippen molar-refractivity contribution in [2.24, 2.45) is 0 Å². The lowest BCUT2D eigenvalue weighted by Crippen LogP contribution is -2.39. The van der Waals surface area contributed by atoms with Crippen molar-refractivity contribution in [3.05, 3.63) is 29.8 Å². The molecule has 1 aromatic rings. The zero-order valence-corrected chi connectivity index (χ0v) is 16.5. The van der Waals surface area contributed by atoms with Crippen molar-refractivity contribution < 1.29 is 13.2 Å². The van der Waals surface area contributed by atoms with Gasteiger partial charge in [0.25, 0.3) is 0 Å². The molecule has 1 aromatic carbocycles. The second-order valence-electron chi connectivity index (χ2n) is 7.26. The molecule has 1 amide bonds. The molecule has 0 spiro atoms. The van der Waals surface area contributed by atoms with Crippen LogP contribution in [0.25, 0.3) is 0 Å². The molecule has 2 rings (SSSR count). The molecule has 6 heteroatoms. The van der Waals surface area contributed by atoms with Gasteiger partial charge in [-0.05, 0) is 57.6 Å². The molecule has 24 heavy (non-hydrogen) atoms. The molecule has 0 radical (unpaired) electrons. The van der Waals surface area contributed by atoms with Gasteiger partial charge in [-0.3, -0.25) is 4.79 Å². The summed E-state index contributed by atoms with van der Waals surface area (Å²) in [5.74, 6) is 0.0514. The maximum Gasteiger partial charge on any atom is 0.222 e. The highest BCUT2D eigenvalue weighted by Crippen LogP contribution is 2.27. The number of hydrogen-bond acceptors (Lipinski definition) is 4. The Morgan fingerprint density at radius 2 is 1.88 bits per heavy atom. The third-order valence-corrected chi connectivity index (χ3v) is 8.29. The summed E-state index contributed by atoms with van der Waals surface area (Å²) in [5.41, 5.74) is 1.14. The Morgan fingerprint density at radius 1 is 1.25 bits per heavy atom. The second-order valence-corrected chi connectivity index (χ2v) is 11.1. The van der Waals surface area contributed by atoms with Crippen LogP contribution in [0.15, 0.2) is 29.2 Å². The quantitative estimate of drug-likeness (QED) is 0.748. The van der Waals surface area contributed by atoms with E-state index in [1.54, 1.807) is 37.4 Å². The molecule has 1 atom stereocenters. The number of amides is 1. The average molecular weight is 370 g/mol.